The number of amides is 2. The van der Waals surface area contributed by atoms with Gasteiger partial charge in [0, 0.05) is 18.2 Å². The molecule has 2 amide bonds. The summed E-state index contributed by atoms with van der Waals surface area (Å²) >= 11 is 0. The summed E-state index contributed by atoms with van der Waals surface area (Å²) in [5.74, 6) is 0.278. The Labute approximate surface area is 188 Å². The zero-order valence-corrected chi connectivity index (χ0v) is 18.3. The quantitative estimate of drug-likeness (QED) is 0.599. The first kappa shape index (κ1) is 19.4. The van der Waals surface area contributed by atoms with Crippen molar-refractivity contribution in [3.05, 3.63) is 83.7 Å². The van der Waals surface area contributed by atoms with E-state index in [0.717, 1.165) is 53.9 Å². The van der Waals surface area contributed by atoms with Crippen molar-refractivity contribution in [2.75, 3.05) is 11.4 Å². The molecule has 0 saturated heterocycles. The summed E-state index contributed by atoms with van der Waals surface area (Å²) in [5, 5.41) is 0. The molecule has 2 aromatic carbocycles. The van der Waals surface area contributed by atoms with Crippen LogP contribution in [0.5, 0.6) is 0 Å². The molecule has 2 aliphatic carbocycles. The van der Waals surface area contributed by atoms with Crippen molar-refractivity contribution < 1.29 is 9.59 Å². The highest BCUT2D eigenvalue weighted by molar-refractivity contribution is 6.00. The van der Waals surface area contributed by atoms with Crippen LogP contribution in [-0.2, 0) is 9.59 Å². The molecule has 2 fully saturated rings. The molecule has 0 N–H and O–H groups in total. The normalized spacial score (nSPS) is 19.3. The third-order valence-electron chi connectivity index (χ3n) is 6.85. The predicted octanol–water partition coefficient (Wildman–Crippen LogP) is 4.62. The van der Waals surface area contributed by atoms with Crippen molar-refractivity contribution in [2.45, 2.75) is 44.7 Å². The minimum Gasteiger partial charge on any atom is -0.330 e. The topological polar surface area (TPSA) is 45.6 Å². The SMILES string of the molecule is Cc1cccc(C2c3cccn3-c3ccccc3N2C(=O)CN(C(=O)C2CC2)C2CC2)c1. The van der Waals surface area contributed by atoms with Crippen LogP contribution in [0.1, 0.15) is 48.5 Å². The van der Waals surface area contributed by atoms with Crippen LogP contribution in [0.25, 0.3) is 5.69 Å². The first-order valence-electron chi connectivity index (χ1n) is 11.6. The van der Waals surface area contributed by atoms with Crippen LogP contribution in [0.2, 0.25) is 0 Å². The van der Waals surface area contributed by atoms with Crippen LogP contribution in [-0.4, -0.2) is 33.9 Å². The van der Waals surface area contributed by atoms with E-state index in [1.807, 2.05) is 40.1 Å². The Morgan fingerprint density at radius 1 is 0.938 bits per heavy atom. The number of nitrogens with zero attached hydrogens (tertiary/aromatic N) is 3. The summed E-state index contributed by atoms with van der Waals surface area (Å²) in [4.78, 5) is 30.7. The summed E-state index contributed by atoms with van der Waals surface area (Å²) in [6.07, 6.45) is 6.00. The number of carbonyl (C=O) groups is 2. The second-order valence-corrected chi connectivity index (χ2v) is 9.34. The maximum absolute atomic E-state index is 14.0. The fourth-order valence-corrected chi connectivity index (χ4v) is 4.98. The Balaban J connectivity index is 1.44. The van der Waals surface area contributed by atoms with Gasteiger partial charge in [0.05, 0.1) is 17.1 Å². The molecule has 3 aliphatic rings. The van der Waals surface area contributed by atoms with Crippen molar-refractivity contribution in [3.8, 4) is 5.69 Å². The molecule has 1 aliphatic heterocycles. The molecule has 1 aromatic heterocycles. The second-order valence-electron chi connectivity index (χ2n) is 9.34. The highest BCUT2D eigenvalue weighted by Gasteiger charge is 2.43. The molecular weight excluding hydrogens is 398 g/mol. The minimum atomic E-state index is -0.232. The molecule has 3 aromatic rings. The van der Waals surface area contributed by atoms with E-state index in [-0.39, 0.29) is 36.4 Å². The third-order valence-corrected chi connectivity index (χ3v) is 6.85. The molecule has 32 heavy (non-hydrogen) atoms. The van der Waals surface area contributed by atoms with E-state index in [1.165, 1.54) is 0 Å². The molecule has 1 atom stereocenters. The molecule has 0 spiro atoms. The van der Waals surface area contributed by atoms with E-state index in [2.05, 4.69) is 48.0 Å². The largest absolute Gasteiger partial charge is 0.330 e. The van der Waals surface area contributed by atoms with Gasteiger partial charge in [0.15, 0.2) is 0 Å². The number of aryl methyl sites for hydroxylation is 1. The average molecular weight is 426 g/mol. The zero-order chi connectivity index (χ0) is 21.8. The molecule has 6 rings (SSSR count). The highest BCUT2D eigenvalue weighted by atomic mass is 16.2. The van der Waals surface area contributed by atoms with Crippen LogP contribution in [0.4, 0.5) is 5.69 Å². The lowest BCUT2D eigenvalue weighted by molar-refractivity contribution is -0.137. The summed E-state index contributed by atoms with van der Waals surface area (Å²) in [6.45, 7) is 2.23. The number of hydrogen-bond acceptors (Lipinski definition) is 2. The molecule has 0 bridgehead atoms. The molecule has 2 saturated carbocycles. The van der Waals surface area contributed by atoms with Crippen LogP contribution in [0.3, 0.4) is 0 Å². The number of aromatic nitrogens is 1. The highest BCUT2D eigenvalue weighted by Crippen LogP contribution is 2.43. The number of fused-ring (bicyclic) bond motifs is 3. The number of hydrogen-bond donors (Lipinski definition) is 0. The van der Waals surface area contributed by atoms with Crippen LogP contribution >= 0.6 is 0 Å². The van der Waals surface area contributed by atoms with Gasteiger partial charge in [0.1, 0.15) is 12.6 Å². The van der Waals surface area contributed by atoms with E-state index < -0.39 is 0 Å². The molecule has 5 nitrogen and oxygen atoms in total. The Hall–Kier alpha value is -3.34. The van der Waals surface area contributed by atoms with Gasteiger partial charge in [-0.05, 0) is 62.4 Å². The summed E-state index contributed by atoms with van der Waals surface area (Å²) < 4.78 is 2.18. The fourth-order valence-electron chi connectivity index (χ4n) is 4.98. The van der Waals surface area contributed by atoms with E-state index in [1.54, 1.807) is 0 Å². The van der Waals surface area contributed by atoms with Gasteiger partial charge in [0.2, 0.25) is 11.8 Å². The smallest absolute Gasteiger partial charge is 0.247 e. The van der Waals surface area contributed by atoms with Crippen molar-refractivity contribution in [2.24, 2.45) is 5.92 Å². The molecule has 2 heterocycles. The Kier molecular flexibility index (Phi) is 4.46. The standard InChI is InChI=1S/C27H27N3O2/c1-18-6-4-7-20(16-18)26-24-10-5-15-28(24)22-8-2-3-9-23(22)30(26)25(31)17-29(21-13-14-21)27(32)19-11-12-19/h2-10,15-16,19,21,26H,11-14,17H2,1H3. The maximum Gasteiger partial charge on any atom is 0.247 e. The lowest BCUT2D eigenvalue weighted by Crippen LogP contribution is -2.47. The van der Waals surface area contributed by atoms with E-state index >= 15 is 0 Å². The van der Waals surface area contributed by atoms with Gasteiger partial charge in [-0.15, -0.1) is 0 Å². The van der Waals surface area contributed by atoms with Crippen molar-refractivity contribution in [3.63, 3.8) is 0 Å². The monoisotopic (exact) mass is 425 g/mol. The van der Waals surface area contributed by atoms with Gasteiger partial charge in [-0.2, -0.15) is 0 Å². The zero-order valence-electron chi connectivity index (χ0n) is 18.3. The van der Waals surface area contributed by atoms with Gasteiger partial charge in [-0.25, -0.2) is 0 Å². The Morgan fingerprint density at radius 2 is 1.72 bits per heavy atom. The first-order chi connectivity index (χ1) is 15.6. The number of rotatable bonds is 5. The van der Waals surface area contributed by atoms with Gasteiger partial charge in [-0.3, -0.25) is 14.5 Å². The molecule has 162 valence electrons. The number of anilines is 1. The van der Waals surface area contributed by atoms with E-state index in [9.17, 15) is 9.59 Å². The minimum absolute atomic E-state index is 0.0164. The first-order valence-corrected chi connectivity index (χ1v) is 11.6. The van der Waals surface area contributed by atoms with Crippen LogP contribution < -0.4 is 4.90 Å². The number of benzene rings is 2. The van der Waals surface area contributed by atoms with Gasteiger partial charge in [0.25, 0.3) is 0 Å². The van der Waals surface area contributed by atoms with Crippen LogP contribution in [0, 0.1) is 12.8 Å². The molecule has 1 unspecified atom stereocenters. The van der Waals surface area contributed by atoms with E-state index in [0.29, 0.717) is 0 Å². The second kappa shape index (κ2) is 7.37. The van der Waals surface area contributed by atoms with Gasteiger partial charge < -0.3 is 9.47 Å². The Morgan fingerprint density at radius 3 is 2.44 bits per heavy atom. The number of para-hydroxylation sites is 2. The lowest BCUT2D eigenvalue weighted by atomic mass is 9.96. The van der Waals surface area contributed by atoms with Crippen LogP contribution in [0.15, 0.2) is 66.9 Å². The van der Waals surface area contributed by atoms with E-state index in [4.69, 9.17) is 0 Å². The summed E-state index contributed by atoms with van der Waals surface area (Å²) in [5.41, 5.74) is 5.20. The summed E-state index contributed by atoms with van der Waals surface area (Å²) in [6, 6.07) is 20.6. The Bertz CT molecular complexity index is 1200. The summed E-state index contributed by atoms with van der Waals surface area (Å²) in [7, 11) is 0. The van der Waals surface area contributed by atoms with Crippen molar-refractivity contribution in [1.82, 2.24) is 9.47 Å². The molecule has 0 radical (unpaired) electrons. The van der Waals surface area contributed by atoms with Gasteiger partial charge in [-0.1, -0.05) is 42.0 Å². The average Bonchev–Trinajstić information content (AvgIpc) is 3.73. The van der Waals surface area contributed by atoms with Gasteiger partial charge >= 0.3 is 0 Å². The molecular formula is C27H27N3O2. The molecule has 5 heteroatoms. The number of carbonyl (C=O) groups excluding carboxylic acids is 2. The van der Waals surface area contributed by atoms with Crippen molar-refractivity contribution in [1.29, 1.82) is 0 Å². The third kappa shape index (κ3) is 3.24. The van der Waals surface area contributed by atoms with Crippen molar-refractivity contribution >= 4 is 17.5 Å². The lowest BCUT2D eigenvalue weighted by Gasteiger charge is -2.39. The predicted molar refractivity (Wildman–Crippen MR) is 124 cm³/mol. The maximum atomic E-state index is 14.0. The fraction of sp³-hybridized carbons (Fsp3) is 0.333.